The Labute approximate surface area is 259 Å². The number of hydrogen-bond acceptors (Lipinski definition) is 1. The summed E-state index contributed by atoms with van der Waals surface area (Å²) in [4.78, 5) is 0. The molecule has 0 bridgehead atoms. The van der Waals surface area contributed by atoms with Crippen molar-refractivity contribution in [3.8, 4) is 5.75 Å². The molecule has 5 rings (SSSR count). The van der Waals surface area contributed by atoms with Crippen molar-refractivity contribution in [2.24, 2.45) is 17.8 Å². The molecule has 2 aromatic carbocycles. The number of unbranched alkanes of at least 4 members (excludes halogenated alkanes) is 1. The first kappa shape index (κ1) is 35.4. The summed E-state index contributed by atoms with van der Waals surface area (Å²) in [6.07, 6.45) is 18.5. The van der Waals surface area contributed by atoms with Gasteiger partial charge in [-0.1, -0.05) is 84.4 Å². The van der Waals surface area contributed by atoms with Crippen LogP contribution in [0.15, 0.2) is 24.3 Å². The molecule has 0 N–H and O–H groups in total. The van der Waals surface area contributed by atoms with Crippen LogP contribution in [0.5, 0.6) is 5.75 Å². The molecule has 3 saturated carbocycles. The number of rotatable bonds is 9. The average Bonchev–Trinajstić information content (AvgIpc) is 3.55. The van der Waals surface area contributed by atoms with Gasteiger partial charge in [-0.3, -0.25) is 0 Å². The van der Waals surface area contributed by atoms with Gasteiger partial charge in [-0.05, 0) is 117 Å². The van der Waals surface area contributed by atoms with E-state index in [-0.39, 0.29) is 25.0 Å². The van der Waals surface area contributed by atoms with Crippen LogP contribution in [0.1, 0.15) is 153 Å². The fourth-order valence-corrected chi connectivity index (χ4v) is 7.78. The smallest absolute Gasteiger partial charge is 0.200 e. The molecule has 0 aliphatic heterocycles. The molecule has 0 radical (unpaired) electrons. The number of ether oxygens (including phenoxy) is 1. The molecule has 3 fully saturated rings. The Hall–Kier alpha value is -2.04. The Morgan fingerprint density at radius 3 is 1.74 bits per heavy atom. The van der Waals surface area contributed by atoms with Crippen molar-refractivity contribution in [2.45, 2.75) is 143 Å². The third-order valence-corrected chi connectivity index (χ3v) is 10.4. The highest BCUT2D eigenvalue weighted by molar-refractivity contribution is 5.33. The maximum absolute atomic E-state index is 14.5. The number of hydrogen-bond donors (Lipinski definition) is 0. The van der Waals surface area contributed by atoms with Crippen molar-refractivity contribution in [1.82, 2.24) is 0 Å². The zero-order valence-electron chi connectivity index (χ0n) is 26.1. The van der Waals surface area contributed by atoms with Gasteiger partial charge < -0.3 is 4.74 Å². The molecular weight excluding hydrogens is 548 g/mol. The third-order valence-electron chi connectivity index (χ3n) is 10.4. The monoisotopic (exact) mass is 604 g/mol. The molecular formula is C38H56F4O. The first-order chi connectivity index (χ1) is 20.3. The van der Waals surface area contributed by atoms with Crippen LogP contribution >= 0.6 is 0 Å². The fourth-order valence-electron chi connectivity index (χ4n) is 7.78. The van der Waals surface area contributed by atoms with E-state index in [9.17, 15) is 17.6 Å². The largest absolute Gasteiger partial charge is 0.490 e. The average molecular weight is 605 g/mol. The summed E-state index contributed by atoms with van der Waals surface area (Å²) < 4.78 is 61.6. The van der Waals surface area contributed by atoms with E-state index in [1.807, 2.05) is 6.92 Å². The van der Waals surface area contributed by atoms with Crippen LogP contribution < -0.4 is 4.74 Å². The Kier molecular flexibility index (Phi) is 14.4. The summed E-state index contributed by atoms with van der Waals surface area (Å²) in [6.45, 7) is 6.31. The van der Waals surface area contributed by atoms with Gasteiger partial charge in [-0.2, -0.15) is 4.39 Å². The van der Waals surface area contributed by atoms with Crippen molar-refractivity contribution in [1.29, 1.82) is 0 Å². The number of aryl methyl sites for hydroxylation is 1. The second kappa shape index (κ2) is 17.4. The number of benzene rings is 2. The normalized spacial score (nSPS) is 24.2. The molecule has 0 atom stereocenters. The van der Waals surface area contributed by atoms with Crippen LogP contribution in [0.2, 0.25) is 0 Å². The second-order valence-electron chi connectivity index (χ2n) is 13.2. The molecule has 0 aromatic heterocycles. The standard InChI is InChI=1S/C21H30F2O.C16H22F2.CH4/c1-2-3-14-24-19-13-12-18(20(22)21(19)23)17-10-8-16(9-11-17)15-6-4-5-7-15;1-3-4-12-6-8-13(9-7-12)14-10-5-11(2)15(17)16(14)18;/h12-13,15-17H,2-11,14H2,1H3;5,10,12-13H,3-4,6-9H2,1-2H3;1H4. The molecule has 0 unspecified atom stereocenters. The van der Waals surface area contributed by atoms with Crippen LogP contribution in [-0.4, -0.2) is 6.61 Å². The molecule has 0 spiro atoms. The maximum atomic E-state index is 14.5. The minimum absolute atomic E-state index is 0. The first-order valence-electron chi connectivity index (χ1n) is 16.9. The molecule has 242 valence electrons. The zero-order valence-corrected chi connectivity index (χ0v) is 26.1. The van der Waals surface area contributed by atoms with E-state index in [4.69, 9.17) is 4.74 Å². The lowest BCUT2D eigenvalue weighted by molar-refractivity contribution is 0.232. The zero-order chi connectivity index (χ0) is 30.1. The summed E-state index contributed by atoms with van der Waals surface area (Å²) in [5, 5.41) is 0. The van der Waals surface area contributed by atoms with Crippen LogP contribution in [0.3, 0.4) is 0 Å². The van der Waals surface area contributed by atoms with Gasteiger partial charge in [0.2, 0.25) is 5.82 Å². The molecule has 1 nitrogen and oxygen atoms in total. The summed E-state index contributed by atoms with van der Waals surface area (Å²) in [7, 11) is 0. The predicted molar refractivity (Wildman–Crippen MR) is 171 cm³/mol. The topological polar surface area (TPSA) is 9.23 Å². The predicted octanol–water partition coefficient (Wildman–Crippen LogP) is 12.6. The van der Waals surface area contributed by atoms with Gasteiger partial charge >= 0.3 is 0 Å². The van der Waals surface area contributed by atoms with Crippen molar-refractivity contribution < 1.29 is 22.3 Å². The van der Waals surface area contributed by atoms with E-state index in [2.05, 4.69) is 6.92 Å². The van der Waals surface area contributed by atoms with Crippen LogP contribution in [-0.2, 0) is 0 Å². The third kappa shape index (κ3) is 9.24. The lowest BCUT2D eigenvalue weighted by Gasteiger charge is -2.32. The second-order valence-corrected chi connectivity index (χ2v) is 13.2. The summed E-state index contributed by atoms with van der Waals surface area (Å²) in [5.74, 6) is 0.172. The fraction of sp³-hybridized carbons (Fsp3) is 0.684. The van der Waals surface area contributed by atoms with Gasteiger partial charge in [0.25, 0.3) is 0 Å². The van der Waals surface area contributed by atoms with Gasteiger partial charge in [-0.25, -0.2) is 13.2 Å². The Balaban J connectivity index is 0.000000239. The van der Waals surface area contributed by atoms with Gasteiger partial charge in [0.1, 0.15) is 0 Å². The molecule has 0 saturated heterocycles. The molecule has 43 heavy (non-hydrogen) atoms. The van der Waals surface area contributed by atoms with E-state index < -0.39 is 23.3 Å². The van der Waals surface area contributed by atoms with Crippen LogP contribution in [0.25, 0.3) is 0 Å². The van der Waals surface area contributed by atoms with Gasteiger partial charge in [-0.15, -0.1) is 0 Å². The van der Waals surface area contributed by atoms with Crippen LogP contribution in [0, 0.1) is 47.9 Å². The Bertz CT molecular complexity index is 1110. The Morgan fingerprint density at radius 2 is 1.16 bits per heavy atom. The van der Waals surface area contributed by atoms with E-state index >= 15 is 0 Å². The van der Waals surface area contributed by atoms with Crippen molar-refractivity contribution >= 4 is 0 Å². The quantitative estimate of drug-likeness (QED) is 0.204. The van der Waals surface area contributed by atoms with Crippen LogP contribution in [0.4, 0.5) is 17.6 Å². The van der Waals surface area contributed by atoms with E-state index in [1.165, 1.54) is 51.4 Å². The first-order valence-corrected chi connectivity index (χ1v) is 16.9. The van der Waals surface area contributed by atoms with Crippen molar-refractivity contribution in [3.05, 3.63) is 64.2 Å². The number of halogens is 4. The van der Waals surface area contributed by atoms with Gasteiger partial charge in [0, 0.05) is 0 Å². The van der Waals surface area contributed by atoms with Gasteiger partial charge in [0.15, 0.2) is 23.2 Å². The minimum Gasteiger partial charge on any atom is -0.490 e. The molecule has 0 amide bonds. The van der Waals surface area contributed by atoms with Gasteiger partial charge in [0.05, 0.1) is 6.61 Å². The molecule has 2 aromatic rings. The van der Waals surface area contributed by atoms with E-state index in [1.54, 1.807) is 31.2 Å². The highest BCUT2D eigenvalue weighted by Gasteiger charge is 2.31. The van der Waals surface area contributed by atoms with E-state index in [0.717, 1.165) is 69.1 Å². The molecule has 3 aliphatic rings. The van der Waals surface area contributed by atoms with Crippen molar-refractivity contribution in [2.75, 3.05) is 6.61 Å². The molecule has 5 heteroatoms. The summed E-state index contributed by atoms with van der Waals surface area (Å²) in [5.41, 5.74) is 1.55. The lowest BCUT2D eigenvalue weighted by Crippen LogP contribution is -2.20. The summed E-state index contributed by atoms with van der Waals surface area (Å²) in [6, 6.07) is 6.84. The van der Waals surface area contributed by atoms with E-state index in [0.29, 0.717) is 23.3 Å². The SMILES string of the molecule is C.CCCC1CCC(c2ccc(C)c(F)c2F)CC1.CCCCOc1ccc(C2CCC(C3CCCC3)CC2)c(F)c1F. The highest BCUT2D eigenvalue weighted by Crippen LogP contribution is 2.45. The lowest BCUT2D eigenvalue weighted by atomic mass is 9.73. The highest BCUT2D eigenvalue weighted by atomic mass is 19.2. The molecule has 3 aliphatic carbocycles. The molecule has 0 heterocycles. The summed E-state index contributed by atoms with van der Waals surface area (Å²) >= 11 is 0. The Morgan fingerprint density at radius 1 is 0.628 bits per heavy atom. The maximum Gasteiger partial charge on any atom is 0.200 e. The minimum atomic E-state index is -0.804. The van der Waals surface area contributed by atoms with Crippen molar-refractivity contribution in [3.63, 3.8) is 0 Å².